The van der Waals surface area contributed by atoms with Crippen LogP contribution in [0, 0.1) is 0 Å². The first-order valence-corrected chi connectivity index (χ1v) is 11.0. The minimum absolute atomic E-state index is 0.0545. The molecule has 1 aliphatic heterocycles. The maximum atomic E-state index is 12.2. The lowest BCUT2D eigenvalue weighted by atomic mass is 10.1. The van der Waals surface area contributed by atoms with Gasteiger partial charge in [-0.3, -0.25) is 9.69 Å². The molecule has 1 amide bonds. The number of carbonyl (C=O) groups is 1. The maximum absolute atomic E-state index is 12.2. The van der Waals surface area contributed by atoms with E-state index in [1.807, 2.05) is 24.3 Å². The Labute approximate surface area is 184 Å². The molecule has 31 heavy (non-hydrogen) atoms. The average Bonchev–Trinajstić information content (AvgIpc) is 2.82. The molecule has 4 rings (SSSR count). The third kappa shape index (κ3) is 6.29. The highest BCUT2D eigenvalue weighted by Gasteiger charge is 2.10. The van der Waals surface area contributed by atoms with Crippen LogP contribution in [0.2, 0.25) is 0 Å². The van der Waals surface area contributed by atoms with Crippen molar-refractivity contribution in [2.45, 2.75) is 25.9 Å². The largest absolute Gasteiger partial charge is 0.493 e. The van der Waals surface area contributed by atoms with Crippen LogP contribution >= 0.6 is 0 Å². The average molecular weight is 419 g/mol. The van der Waals surface area contributed by atoms with Gasteiger partial charge in [-0.25, -0.2) is 0 Å². The lowest BCUT2D eigenvalue weighted by molar-refractivity contribution is -0.121. The van der Waals surface area contributed by atoms with Crippen LogP contribution in [-0.2, 0) is 22.6 Å². The van der Waals surface area contributed by atoms with Crippen LogP contribution in [0.5, 0.6) is 5.75 Å². The Balaban J connectivity index is 1.15. The van der Waals surface area contributed by atoms with Crippen LogP contribution in [0.3, 0.4) is 0 Å². The van der Waals surface area contributed by atoms with Gasteiger partial charge in [-0.15, -0.1) is 0 Å². The number of ether oxygens (including phenoxy) is 2. The Morgan fingerprint density at radius 2 is 1.68 bits per heavy atom. The number of hydrogen-bond donors (Lipinski definition) is 1. The van der Waals surface area contributed by atoms with Crippen molar-refractivity contribution in [2.75, 3.05) is 32.9 Å². The highest BCUT2D eigenvalue weighted by molar-refractivity contribution is 5.88. The molecular formula is C26H30N2O3. The fourth-order valence-corrected chi connectivity index (χ4v) is 3.81. The van der Waals surface area contributed by atoms with Gasteiger partial charge in [0.05, 0.1) is 19.8 Å². The summed E-state index contributed by atoms with van der Waals surface area (Å²) in [7, 11) is 0. The Morgan fingerprint density at radius 3 is 2.52 bits per heavy atom. The van der Waals surface area contributed by atoms with Gasteiger partial charge in [0.2, 0.25) is 5.91 Å². The van der Waals surface area contributed by atoms with Crippen LogP contribution in [-0.4, -0.2) is 43.7 Å². The summed E-state index contributed by atoms with van der Waals surface area (Å²) >= 11 is 0. The number of benzene rings is 3. The molecule has 0 aromatic heterocycles. The van der Waals surface area contributed by atoms with Gasteiger partial charge >= 0.3 is 0 Å². The quantitative estimate of drug-likeness (QED) is 0.531. The Morgan fingerprint density at radius 1 is 0.935 bits per heavy atom. The maximum Gasteiger partial charge on any atom is 0.220 e. The normalized spacial score (nSPS) is 14.5. The van der Waals surface area contributed by atoms with Crippen molar-refractivity contribution < 1.29 is 14.3 Å². The number of hydrogen-bond acceptors (Lipinski definition) is 4. The zero-order valence-corrected chi connectivity index (χ0v) is 17.9. The van der Waals surface area contributed by atoms with Crippen LogP contribution in [0.15, 0.2) is 66.7 Å². The molecule has 1 N–H and O–H groups in total. The van der Waals surface area contributed by atoms with Gasteiger partial charge in [-0.05, 0) is 29.0 Å². The van der Waals surface area contributed by atoms with Crippen molar-refractivity contribution in [3.8, 4) is 5.75 Å². The van der Waals surface area contributed by atoms with Gasteiger partial charge in [0, 0.05) is 38.0 Å². The molecule has 1 heterocycles. The van der Waals surface area contributed by atoms with Gasteiger partial charge in [0.1, 0.15) is 5.75 Å². The van der Waals surface area contributed by atoms with Crippen molar-refractivity contribution in [3.63, 3.8) is 0 Å². The summed E-state index contributed by atoms with van der Waals surface area (Å²) in [6.45, 7) is 5.64. The summed E-state index contributed by atoms with van der Waals surface area (Å²) < 4.78 is 11.3. The minimum atomic E-state index is 0.0545. The number of morpholine rings is 1. The molecule has 0 radical (unpaired) electrons. The van der Waals surface area contributed by atoms with E-state index in [1.54, 1.807) is 0 Å². The van der Waals surface area contributed by atoms with Gasteiger partial charge in [0.15, 0.2) is 0 Å². The van der Waals surface area contributed by atoms with E-state index in [4.69, 9.17) is 9.47 Å². The first kappa shape index (κ1) is 21.3. The molecular weight excluding hydrogens is 388 g/mol. The third-order valence-corrected chi connectivity index (χ3v) is 5.58. The number of rotatable bonds is 9. The van der Waals surface area contributed by atoms with E-state index in [0.29, 0.717) is 26.0 Å². The topological polar surface area (TPSA) is 50.8 Å². The van der Waals surface area contributed by atoms with E-state index in [1.165, 1.54) is 5.56 Å². The van der Waals surface area contributed by atoms with E-state index in [0.717, 1.165) is 54.9 Å². The molecule has 1 saturated heterocycles. The van der Waals surface area contributed by atoms with Crippen molar-refractivity contribution in [1.29, 1.82) is 0 Å². The second kappa shape index (κ2) is 10.9. The number of amides is 1. The number of fused-ring (bicyclic) bond motifs is 1. The molecule has 0 bridgehead atoms. The lowest BCUT2D eigenvalue weighted by Crippen LogP contribution is -2.35. The van der Waals surface area contributed by atoms with E-state index in [2.05, 4.69) is 52.7 Å². The summed E-state index contributed by atoms with van der Waals surface area (Å²) in [5, 5.41) is 5.27. The fourth-order valence-electron chi connectivity index (χ4n) is 3.81. The summed E-state index contributed by atoms with van der Waals surface area (Å²) in [5.41, 5.74) is 2.41. The summed E-state index contributed by atoms with van der Waals surface area (Å²) in [6, 6.07) is 22.7. The molecule has 1 fully saturated rings. The smallest absolute Gasteiger partial charge is 0.220 e. The fraction of sp³-hybridized carbons (Fsp3) is 0.346. The highest BCUT2D eigenvalue weighted by atomic mass is 16.5. The Hall–Kier alpha value is -2.89. The van der Waals surface area contributed by atoms with Crippen LogP contribution < -0.4 is 10.1 Å². The molecule has 0 unspecified atom stereocenters. The number of nitrogens with one attached hydrogen (secondary N) is 1. The second-order valence-electron chi connectivity index (χ2n) is 7.91. The summed E-state index contributed by atoms with van der Waals surface area (Å²) in [4.78, 5) is 14.6. The molecule has 3 aromatic carbocycles. The van der Waals surface area contributed by atoms with Crippen LogP contribution in [0.4, 0.5) is 0 Å². The first-order chi connectivity index (χ1) is 15.3. The van der Waals surface area contributed by atoms with Crippen molar-refractivity contribution in [2.24, 2.45) is 0 Å². The molecule has 1 aliphatic rings. The lowest BCUT2D eigenvalue weighted by Gasteiger charge is -2.26. The molecule has 3 aromatic rings. The molecule has 0 aliphatic carbocycles. The zero-order chi connectivity index (χ0) is 21.3. The minimum Gasteiger partial charge on any atom is -0.493 e. The SMILES string of the molecule is O=C(CCCOc1cccc2ccccc12)NCc1ccc(CN2CCOCC2)cc1. The molecule has 0 spiro atoms. The van der Waals surface area contributed by atoms with E-state index in [-0.39, 0.29) is 5.91 Å². The predicted octanol–water partition coefficient (Wildman–Crippen LogP) is 4.15. The molecule has 5 heteroatoms. The van der Waals surface area contributed by atoms with Crippen LogP contribution in [0.1, 0.15) is 24.0 Å². The number of carbonyl (C=O) groups excluding carboxylic acids is 1. The Kier molecular flexibility index (Phi) is 7.53. The van der Waals surface area contributed by atoms with Gasteiger partial charge in [0.25, 0.3) is 0 Å². The van der Waals surface area contributed by atoms with Gasteiger partial charge in [-0.2, -0.15) is 0 Å². The zero-order valence-electron chi connectivity index (χ0n) is 17.9. The monoisotopic (exact) mass is 418 g/mol. The van der Waals surface area contributed by atoms with Crippen molar-refractivity contribution >= 4 is 16.7 Å². The second-order valence-corrected chi connectivity index (χ2v) is 7.91. The predicted molar refractivity (Wildman–Crippen MR) is 123 cm³/mol. The standard InChI is InChI=1S/C26H30N2O3/c29-26(9-4-16-31-25-8-3-6-23-5-1-2-7-24(23)25)27-19-21-10-12-22(13-11-21)20-28-14-17-30-18-15-28/h1-3,5-8,10-13H,4,9,14-20H2,(H,27,29). The Bertz CT molecular complexity index is 976. The summed E-state index contributed by atoms with van der Waals surface area (Å²) in [5.74, 6) is 0.926. The number of nitrogens with zero attached hydrogens (tertiary/aromatic N) is 1. The van der Waals surface area contributed by atoms with Gasteiger partial charge < -0.3 is 14.8 Å². The van der Waals surface area contributed by atoms with Crippen LogP contribution in [0.25, 0.3) is 10.8 Å². The molecule has 0 saturated carbocycles. The molecule has 162 valence electrons. The van der Waals surface area contributed by atoms with E-state index in [9.17, 15) is 4.79 Å². The van der Waals surface area contributed by atoms with Crippen molar-refractivity contribution in [1.82, 2.24) is 10.2 Å². The third-order valence-electron chi connectivity index (χ3n) is 5.58. The van der Waals surface area contributed by atoms with Gasteiger partial charge in [-0.1, -0.05) is 60.7 Å². The van der Waals surface area contributed by atoms with E-state index >= 15 is 0 Å². The first-order valence-electron chi connectivity index (χ1n) is 11.0. The van der Waals surface area contributed by atoms with E-state index < -0.39 is 0 Å². The highest BCUT2D eigenvalue weighted by Crippen LogP contribution is 2.25. The molecule has 5 nitrogen and oxygen atoms in total. The molecule has 0 atom stereocenters. The van der Waals surface area contributed by atoms with Crippen molar-refractivity contribution in [3.05, 3.63) is 77.9 Å². The summed E-state index contributed by atoms with van der Waals surface area (Å²) in [6.07, 6.45) is 1.15.